The molecule has 71 heavy (non-hydrogen) atoms. The van der Waals surface area contributed by atoms with Crippen molar-refractivity contribution in [1.29, 1.82) is 0 Å². The van der Waals surface area contributed by atoms with Crippen molar-refractivity contribution in [2.75, 3.05) is 14.7 Å². The molecule has 11 rings (SSSR count). The van der Waals surface area contributed by atoms with Crippen LogP contribution in [0.2, 0.25) is 0 Å². The number of nitrogens with zero attached hydrogens (tertiary/aromatic N) is 3. The summed E-state index contributed by atoms with van der Waals surface area (Å²) in [5.41, 5.74) is 19.6. The van der Waals surface area contributed by atoms with E-state index < -0.39 is 7.12 Å². The molecular formula is C64H64BN3O3. The lowest BCUT2D eigenvalue weighted by Crippen LogP contribution is -2.37. The third-order valence-electron chi connectivity index (χ3n) is 14.8. The molecular weight excluding hydrogens is 870 g/mol. The molecule has 0 saturated carbocycles. The first-order valence-corrected chi connectivity index (χ1v) is 25.1. The molecule has 0 aliphatic carbocycles. The van der Waals surface area contributed by atoms with E-state index in [-0.39, 0.29) is 21.7 Å². The number of hydrogen-bond donors (Lipinski definition) is 2. The van der Waals surface area contributed by atoms with Crippen LogP contribution in [0, 0.1) is 0 Å². The lowest BCUT2D eigenvalue weighted by molar-refractivity contribution is 0.426. The zero-order valence-corrected chi connectivity index (χ0v) is 43.2. The molecule has 0 unspecified atom stereocenters. The number of fused-ring (bicyclic) bond motifs is 7. The quantitative estimate of drug-likeness (QED) is 0.168. The fourth-order valence-electron chi connectivity index (χ4n) is 10.6. The minimum absolute atomic E-state index is 0.00348. The van der Waals surface area contributed by atoms with Crippen molar-refractivity contribution in [2.45, 2.75) is 105 Å². The molecule has 356 valence electrons. The van der Waals surface area contributed by atoms with E-state index in [1.165, 1.54) is 22.3 Å². The summed E-state index contributed by atoms with van der Waals surface area (Å²) in [6.07, 6.45) is 0. The Kier molecular flexibility index (Phi) is 10.6. The Bertz CT molecular complexity index is 3580. The smallest absolute Gasteiger partial charge is 0.456 e. The highest BCUT2D eigenvalue weighted by Gasteiger charge is 2.41. The highest BCUT2D eigenvalue weighted by atomic mass is 16.4. The van der Waals surface area contributed by atoms with E-state index in [4.69, 9.17) is 4.42 Å². The molecule has 0 fully saturated rings. The predicted molar refractivity (Wildman–Crippen MR) is 300 cm³/mol. The maximum absolute atomic E-state index is 11.7. The van der Waals surface area contributed by atoms with Gasteiger partial charge in [-0.2, -0.15) is 0 Å². The molecule has 0 atom stereocenters. The molecule has 6 nitrogen and oxygen atoms in total. The second-order valence-corrected chi connectivity index (χ2v) is 23.8. The van der Waals surface area contributed by atoms with E-state index in [1.807, 2.05) is 18.2 Å². The monoisotopic (exact) mass is 934 g/mol. The van der Waals surface area contributed by atoms with Crippen molar-refractivity contribution < 1.29 is 14.5 Å². The molecule has 0 spiro atoms. The summed E-state index contributed by atoms with van der Waals surface area (Å²) in [4.78, 5) is 7.11. The number of para-hydroxylation sites is 2. The Morgan fingerprint density at radius 1 is 0.366 bits per heavy atom. The van der Waals surface area contributed by atoms with Crippen LogP contribution >= 0.6 is 0 Å². The first kappa shape index (κ1) is 46.3. The molecule has 0 amide bonds. The lowest BCUT2D eigenvalue weighted by Gasteiger charge is -2.48. The Hall–Kier alpha value is -7.06. The number of furan rings is 1. The van der Waals surface area contributed by atoms with Gasteiger partial charge in [-0.3, -0.25) is 0 Å². The van der Waals surface area contributed by atoms with E-state index in [0.29, 0.717) is 11.2 Å². The van der Waals surface area contributed by atoms with Crippen LogP contribution < -0.4 is 20.2 Å². The van der Waals surface area contributed by atoms with Crippen LogP contribution in [-0.4, -0.2) is 17.2 Å². The lowest BCUT2D eigenvalue weighted by atomic mass is 9.76. The number of rotatable bonds is 5. The minimum Gasteiger partial charge on any atom is -0.456 e. The summed E-state index contributed by atoms with van der Waals surface area (Å²) in [7, 11) is -1.78. The van der Waals surface area contributed by atoms with Gasteiger partial charge in [0, 0.05) is 27.6 Å². The average molecular weight is 934 g/mol. The molecule has 0 radical (unpaired) electrons. The molecule has 0 saturated heterocycles. The molecule has 2 aliphatic rings. The van der Waals surface area contributed by atoms with E-state index in [0.717, 1.165) is 89.7 Å². The second kappa shape index (κ2) is 16.2. The summed E-state index contributed by atoms with van der Waals surface area (Å²) < 4.78 is 6.26. The summed E-state index contributed by atoms with van der Waals surface area (Å²) in [6, 6.07) is 56.8. The number of anilines is 9. The molecule has 0 bridgehead atoms. The van der Waals surface area contributed by atoms with Gasteiger partial charge in [0.05, 0.1) is 39.8 Å². The highest BCUT2D eigenvalue weighted by Crippen LogP contribution is 2.64. The SMILES string of the molecule is CC(C)(C)c1ccc(N2c3ccc(C(C)(C)C)cc3N3c4cc(C(C)(C)C)ccc4N(c4ccc(-c5ccc(C(C)(C)C)cc5-c5ccc6oc7ccccc7c6c5)cc4B(O)O)c4cccc2c43)cc1. The molecule has 8 aromatic carbocycles. The zero-order chi connectivity index (χ0) is 50.1. The standard InChI is InChI=1S/C64H64BN3O3/c1-61(2,3)41-22-27-45(28-23-41)66-52-31-25-43(63(7,8)9)37-56(52)68-57-38-44(64(10,11)12)26-32-53(57)67(55-18-15-17-54(66)60(55)68)51-30-20-40(35-50(51)65(69)70)46-29-24-42(62(4,5)6)36-48(46)39-21-33-59-49(34-39)47-16-13-14-19-58(47)71-59/h13-38,69-70H,1-12H3. The van der Waals surface area contributed by atoms with Gasteiger partial charge in [0.25, 0.3) is 0 Å². The minimum atomic E-state index is -1.78. The summed E-state index contributed by atoms with van der Waals surface area (Å²) in [5, 5.41) is 25.4. The van der Waals surface area contributed by atoms with Crippen molar-refractivity contribution in [3.8, 4) is 22.3 Å². The third-order valence-corrected chi connectivity index (χ3v) is 14.8. The highest BCUT2D eigenvalue weighted by molar-refractivity contribution is 6.61. The van der Waals surface area contributed by atoms with Gasteiger partial charge in [0.2, 0.25) is 0 Å². The molecule has 2 aliphatic heterocycles. The summed E-state index contributed by atoms with van der Waals surface area (Å²) in [6.45, 7) is 27.1. The first-order valence-electron chi connectivity index (χ1n) is 25.1. The largest absolute Gasteiger partial charge is 0.490 e. The predicted octanol–water partition coefficient (Wildman–Crippen LogP) is 16.8. The van der Waals surface area contributed by atoms with Crippen molar-refractivity contribution in [1.82, 2.24) is 0 Å². The number of benzene rings is 8. The van der Waals surface area contributed by atoms with Crippen LogP contribution in [0.15, 0.2) is 162 Å². The van der Waals surface area contributed by atoms with Gasteiger partial charge >= 0.3 is 7.12 Å². The topological polar surface area (TPSA) is 63.3 Å². The fourth-order valence-corrected chi connectivity index (χ4v) is 10.6. The second-order valence-electron chi connectivity index (χ2n) is 23.8. The van der Waals surface area contributed by atoms with Crippen LogP contribution in [0.3, 0.4) is 0 Å². The van der Waals surface area contributed by atoms with Crippen LogP contribution in [0.4, 0.5) is 51.2 Å². The average Bonchev–Trinajstić information content (AvgIpc) is 3.70. The fraction of sp³-hybridized carbons (Fsp3) is 0.250. The van der Waals surface area contributed by atoms with Gasteiger partial charge in [-0.1, -0.05) is 168 Å². The van der Waals surface area contributed by atoms with E-state index in [1.54, 1.807) is 0 Å². The van der Waals surface area contributed by atoms with Gasteiger partial charge in [-0.05, 0) is 139 Å². The normalized spacial score (nSPS) is 13.7. The van der Waals surface area contributed by atoms with Crippen molar-refractivity contribution in [2.24, 2.45) is 0 Å². The first-order chi connectivity index (χ1) is 33.6. The van der Waals surface area contributed by atoms with Crippen LogP contribution in [0.5, 0.6) is 0 Å². The van der Waals surface area contributed by atoms with Gasteiger partial charge in [0.1, 0.15) is 11.2 Å². The summed E-state index contributed by atoms with van der Waals surface area (Å²) >= 11 is 0. The van der Waals surface area contributed by atoms with E-state index in [2.05, 4.69) is 237 Å². The maximum Gasteiger partial charge on any atom is 0.490 e. The van der Waals surface area contributed by atoms with Gasteiger partial charge in [0.15, 0.2) is 0 Å². The Labute approximate surface area is 420 Å². The molecule has 9 aromatic rings. The van der Waals surface area contributed by atoms with Crippen molar-refractivity contribution in [3.05, 3.63) is 180 Å². The third kappa shape index (κ3) is 7.82. The van der Waals surface area contributed by atoms with E-state index in [9.17, 15) is 10.0 Å². The maximum atomic E-state index is 11.7. The Balaban J connectivity index is 1.14. The van der Waals surface area contributed by atoms with E-state index >= 15 is 0 Å². The number of hydrogen-bond acceptors (Lipinski definition) is 6. The Morgan fingerprint density at radius 3 is 1.49 bits per heavy atom. The molecule has 7 heteroatoms. The van der Waals surface area contributed by atoms with Crippen LogP contribution in [0.1, 0.15) is 105 Å². The van der Waals surface area contributed by atoms with Crippen molar-refractivity contribution in [3.63, 3.8) is 0 Å². The molecule has 3 heterocycles. The van der Waals surface area contributed by atoms with Gasteiger partial charge in [-0.25, -0.2) is 0 Å². The van der Waals surface area contributed by atoms with Crippen LogP contribution in [-0.2, 0) is 21.7 Å². The van der Waals surface area contributed by atoms with Gasteiger partial charge < -0.3 is 29.2 Å². The molecule has 2 N–H and O–H groups in total. The summed E-state index contributed by atoms with van der Waals surface area (Å²) in [5.74, 6) is 0. The van der Waals surface area contributed by atoms with Gasteiger partial charge in [-0.15, -0.1) is 0 Å². The molecule has 1 aromatic heterocycles. The van der Waals surface area contributed by atoms with Crippen molar-refractivity contribution >= 4 is 85.7 Å². The van der Waals surface area contributed by atoms with Crippen LogP contribution in [0.25, 0.3) is 44.2 Å². The Morgan fingerprint density at radius 2 is 0.873 bits per heavy atom. The zero-order valence-electron chi connectivity index (χ0n) is 43.2.